The van der Waals surface area contributed by atoms with Crippen LogP contribution in [-0.2, 0) is 4.79 Å². The van der Waals surface area contributed by atoms with Crippen LogP contribution >= 0.6 is 0 Å². The molecule has 2 rings (SSSR count). The van der Waals surface area contributed by atoms with Crippen molar-refractivity contribution in [1.82, 2.24) is 5.32 Å². The Kier molecular flexibility index (Phi) is 4.65. The highest BCUT2D eigenvalue weighted by molar-refractivity contribution is 5.86. The van der Waals surface area contributed by atoms with Gasteiger partial charge in [0.25, 0.3) is 0 Å². The van der Waals surface area contributed by atoms with Crippen LogP contribution in [0.5, 0.6) is 5.75 Å². The Hall–Kier alpha value is -1.98. The van der Waals surface area contributed by atoms with E-state index < -0.39 is 5.82 Å². The van der Waals surface area contributed by atoms with Gasteiger partial charge in [-0.05, 0) is 19.3 Å². The van der Waals surface area contributed by atoms with Crippen LogP contribution in [0.2, 0.25) is 0 Å². The van der Waals surface area contributed by atoms with E-state index in [0.717, 1.165) is 19.3 Å². The molecule has 1 fully saturated rings. The number of piperidine rings is 1. The van der Waals surface area contributed by atoms with E-state index in [1.807, 2.05) is 6.92 Å². The minimum absolute atomic E-state index is 0.0593. The smallest absolute Gasteiger partial charge is 0.242 e. The van der Waals surface area contributed by atoms with Crippen LogP contribution in [0.25, 0.3) is 0 Å². The number of carbonyl (C=O) groups is 1. The SMILES string of the molecule is CCCOc1cc(NC2CCCNC2=O)c(N)cc1F. The van der Waals surface area contributed by atoms with Crippen molar-refractivity contribution in [3.63, 3.8) is 0 Å². The number of benzene rings is 1. The Balaban J connectivity index is 2.15. The van der Waals surface area contributed by atoms with Crippen molar-refractivity contribution in [3.05, 3.63) is 17.9 Å². The van der Waals surface area contributed by atoms with Crippen LogP contribution in [0.1, 0.15) is 26.2 Å². The predicted octanol–water partition coefficient (Wildman–Crippen LogP) is 1.89. The first-order chi connectivity index (χ1) is 9.61. The summed E-state index contributed by atoms with van der Waals surface area (Å²) in [5.41, 5.74) is 6.59. The molecule has 6 heteroatoms. The van der Waals surface area contributed by atoms with Crippen LogP contribution < -0.4 is 21.1 Å². The summed E-state index contributed by atoms with van der Waals surface area (Å²) in [5.74, 6) is -0.398. The summed E-state index contributed by atoms with van der Waals surface area (Å²) in [6.45, 7) is 3.08. The van der Waals surface area contributed by atoms with Gasteiger partial charge in [-0.3, -0.25) is 4.79 Å². The molecule has 1 saturated heterocycles. The summed E-state index contributed by atoms with van der Waals surface area (Å²) in [5, 5.41) is 5.84. The first kappa shape index (κ1) is 14.4. The molecule has 1 amide bonds. The number of nitrogens with two attached hydrogens (primary N) is 1. The van der Waals surface area contributed by atoms with Crippen molar-refractivity contribution in [2.24, 2.45) is 0 Å². The molecular weight excluding hydrogens is 261 g/mol. The molecule has 1 aromatic rings. The molecule has 4 N–H and O–H groups in total. The van der Waals surface area contributed by atoms with E-state index in [1.165, 1.54) is 12.1 Å². The van der Waals surface area contributed by atoms with Gasteiger partial charge in [-0.25, -0.2) is 4.39 Å². The molecule has 0 radical (unpaired) electrons. The van der Waals surface area contributed by atoms with E-state index in [4.69, 9.17) is 10.5 Å². The van der Waals surface area contributed by atoms with Gasteiger partial charge in [0.05, 0.1) is 18.0 Å². The van der Waals surface area contributed by atoms with E-state index >= 15 is 0 Å². The molecule has 1 heterocycles. The quantitative estimate of drug-likeness (QED) is 0.720. The molecule has 1 unspecified atom stereocenters. The lowest BCUT2D eigenvalue weighted by Crippen LogP contribution is -2.44. The fourth-order valence-electron chi connectivity index (χ4n) is 2.11. The summed E-state index contributed by atoms with van der Waals surface area (Å²) >= 11 is 0. The molecule has 1 aliphatic rings. The topological polar surface area (TPSA) is 76.4 Å². The minimum Gasteiger partial charge on any atom is -0.490 e. The number of carbonyl (C=O) groups excluding carboxylic acids is 1. The Bertz CT molecular complexity index is 494. The van der Waals surface area contributed by atoms with Crippen molar-refractivity contribution in [3.8, 4) is 5.75 Å². The van der Waals surface area contributed by atoms with Crippen LogP contribution in [0.4, 0.5) is 15.8 Å². The minimum atomic E-state index is -0.491. The summed E-state index contributed by atoms with van der Waals surface area (Å²) in [4.78, 5) is 11.7. The highest BCUT2D eigenvalue weighted by Crippen LogP contribution is 2.29. The molecule has 0 aromatic heterocycles. The summed E-state index contributed by atoms with van der Waals surface area (Å²) in [6, 6.07) is 2.39. The third-order valence-corrected chi connectivity index (χ3v) is 3.18. The molecule has 5 nitrogen and oxygen atoms in total. The van der Waals surface area contributed by atoms with E-state index in [2.05, 4.69) is 10.6 Å². The lowest BCUT2D eigenvalue weighted by atomic mass is 10.1. The van der Waals surface area contributed by atoms with Crippen molar-refractivity contribution in [2.75, 3.05) is 24.2 Å². The van der Waals surface area contributed by atoms with Crippen molar-refractivity contribution in [2.45, 2.75) is 32.2 Å². The molecule has 1 aliphatic heterocycles. The number of anilines is 2. The first-order valence-electron chi connectivity index (χ1n) is 6.88. The van der Waals surface area contributed by atoms with Gasteiger partial charge in [0.15, 0.2) is 11.6 Å². The maximum absolute atomic E-state index is 13.7. The number of rotatable bonds is 5. The Morgan fingerprint density at radius 3 is 3.05 bits per heavy atom. The molecule has 0 saturated carbocycles. The third kappa shape index (κ3) is 3.31. The van der Waals surface area contributed by atoms with Gasteiger partial charge in [0.1, 0.15) is 6.04 Å². The predicted molar refractivity (Wildman–Crippen MR) is 76.3 cm³/mol. The Morgan fingerprint density at radius 1 is 1.55 bits per heavy atom. The average molecular weight is 281 g/mol. The van der Waals surface area contributed by atoms with Crippen molar-refractivity contribution < 1.29 is 13.9 Å². The third-order valence-electron chi connectivity index (χ3n) is 3.18. The summed E-state index contributed by atoms with van der Waals surface area (Å²) < 4.78 is 19.0. The van der Waals surface area contributed by atoms with Crippen LogP contribution in [-0.4, -0.2) is 25.1 Å². The number of halogens is 1. The fraction of sp³-hybridized carbons (Fsp3) is 0.500. The summed E-state index contributed by atoms with van der Waals surface area (Å²) in [6.07, 6.45) is 2.43. The van der Waals surface area contributed by atoms with Crippen molar-refractivity contribution in [1.29, 1.82) is 0 Å². The first-order valence-corrected chi connectivity index (χ1v) is 6.88. The zero-order valence-corrected chi connectivity index (χ0v) is 11.5. The molecule has 0 bridgehead atoms. The molecule has 110 valence electrons. The van der Waals surface area contributed by atoms with Gasteiger partial charge in [-0.2, -0.15) is 0 Å². The number of amides is 1. The zero-order valence-electron chi connectivity index (χ0n) is 11.5. The number of nitrogen functional groups attached to an aromatic ring is 1. The van der Waals surface area contributed by atoms with E-state index in [0.29, 0.717) is 18.8 Å². The molecule has 1 aromatic carbocycles. The normalized spacial score (nSPS) is 18.5. The van der Waals surface area contributed by atoms with Gasteiger partial charge in [0.2, 0.25) is 5.91 Å². The maximum Gasteiger partial charge on any atom is 0.242 e. The largest absolute Gasteiger partial charge is 0.490 e. The molecule has 1 atom stereocenters. The Morgan fingerprint density at radius 2 is 2.35 bits per heavy atom. The van der Waals surface area contributed by atoms with Crippen LogP contribution in [0.3, 0.4) is 0 Å². The standard InChI is InChI=1S/C14H20FN3O2/c1-2-6-20-13-8-12(10(16)7-9(13)15)18-11-4-3-5-17-14(11)19/h7-8,11,18H,2-6,16H2,1H3,(H,17,19). The van der Waals surface area contributed by atoms with Gasteiger partial charge < -0.3 is 21.1 Å². The van der Waals surface area contributed by atoms with Gasteiger partial charge in [-0.1, -0.05) is 6.92 Å². The number of hydrogen-bond donors (Lipinski definition) is 3. The highest BCUT2D eigenvalue weighted by atomic mass is 19.1. The number of ether oxygens (including phenoxy) is 1. The Labute approximate surface area is 117 Å². The molecule has 0 aliphatic carbocycles. The van der Waals surface area contributed by atoms with E-state index in [1.54, 1.807) is 0 Å². The fourth-order valence-corrected chi connectivity index (χ4v) is 2.11. The lowest BCUT2D eigenvalue weighted by molar-refractivity contribution is -0.123. The van der Waals surface area contributed by atoms with E-state index in [9.17, 15) is 9.18 Å². The second-order valence-electron chi connectivity index (χ2n) is 4.85. The van der Waals surface area contributed by atoms with Gasteiger partial charge >= 0.3 is 0 Å². The monoisotopic (exact) mass is 281 g/mol. The van der Waals surface area contributed by atoms with Crippen LogP contribution in [0.15, 0.2) is 12.1 Å². The lowest BCUT2D eigenvalue weighted by Gasteiger charge is -2.24. The summed E-state index contributed by atoms with van der Waals surface area (Å²) in [7, 11) is 0. The second kappa shape index (κ2) is 6.45. The average Bonchev–Trinajstić information content (AvgIpc) is 2.43. The van der Waals surface area contributed by atoms with E-state index in [-0.39, 0.29) is 23.4 Å². The second-order valence-corrected chi connectivity index (χ2v) is 4.85. The van der Waals surface area contributed by atoms with Gasteiger partial charge in [-0.15, -0.1) is 0 Å². The van der Waals surface area contributed by atoms with Crippen molar-refractivity contribution >= 4 is 17.3 Å². The maximum atomic E-state index is 13.7. The molecular formula is C14H20FN3O2. The molecule has 0 spiro atoms. The molecule has 20 heavy (non-hydrogen) atoms. The van der Waals surface area contributed by atoms with Gasteiger partial charge in [0, 0.05) is 18.7 Å². The highest BCUT2D eigenvalue weighted by Gasteiger charge is 2.22. The van der Waals surface area contributed by atoms with Crippen LogP contribution in [0, 0.1) is 5.82 Å². The number of hydrogen-bond acceptors (Lipinski definition) is 4. The zero-order chi connectivity index (χ0) is 14.5. The number of nitrogens with one attached hydrogen (secondary N) is 2.